The van der Waals surface area contributed by atoms with Gasteiger partial charge >= 0.3 is 6.09 Å². The third-order valence-electron chi connectivity index (χ3n) is 3.14. The lowest BCUT2D eigenvalue weighted by Crippen LogP contribution is -2.41. The van der Waals surface area contributed by atoms with Crippen LogP contribution in [0.15, 0.2) is 0 Å². The number of carbonyl (C=O) groups excluding carboxylic acids is 2. The first-order valence-corrected chi connectivity index (χ1v) is 9.12. The number of hydrogen-bond donors (Lipinski definition) is 4. The Morgan fingerprint density at radius 3 is 2.08 bits per heavy atom. The lowest BCUT2D eigenvalue weighted by Gasteiger charge is -2.19. The van der Waals surface area contributed by atoms with Gasteiger partial charge in [0.2, 0.25) is 5.91 Å². The van der Waals surface area contributed by atoms with Gasteiger partial charge in [-0.2, -0.15) is 0 Å². The summed E-state index contributed by atoms with van der Waals surface area (Å²) in [6.45, 7) is 8.37. The molecule has 0 unspecified atom stereocenters. The van der Waals surface area contributed by atoms with Gasteiger partial charge in [0.15, 0.2) is 0 Å². The summed E-state index contributed by atoms with van der Waals surface area (Å²) in [5.41, 5.74) is 10.7. The zero-order chi connectivity index (χ0) is 19.8. The first-order chi connectivity index (χ1) is 12.3. The fourth-order valence-electron chi connectivity index (χ4n) is 1.88. The molecule has 0 radical (unpaired) electrons. The van der Waals surface area contributed by atoms with Crippen molar-refractivity contribution in [1.82, 2.24) is 10.6 Å². The van der Waals surface area contributed by atoms with E-state index in [1.165, 1.54) is 0 Å². The van der Waals surface area contributed by atoms with Crippen molar-refractivity contribution in [2.75, 3.05) is 46.1 Å². The molecule has 0 heterocycles. The van der Waals surface area contributed by atoms with Crippen LogP contribution in [0, 0.1) is 0 Å². The number of nitrogens with one attached hydrogen (secondary N) is 2. The molecule has 9 nitrogen and oxygen atoms in total. The fraction of sp³-hybridized carbons (Fsp3) is 0.882. The monoisotopic (exact) mass is 376 g/mol. The SMILES string of the molecule is CC(C)(C)OC(=O)NCCOCCOCCNC(=O)[C@@H](N)CCCCN. The molecular formula is C17H36N4O5. The van der Waals surface area contributed by atoms with Crippen LogP contribution >= 0.6 is 0 Å². The Morgan fingerprint density at radius 2 is 1.54 bits per heavy atom. The van der Waals surface area contributed by atoms with Crippen molar-refractivity contribution in [1.29, 1.82) is 0 Å². The topological polar surface area (TPSA) is 138 Å². The minimum absolute atomic E-state index is 0.171. The maximum atomic E-state index is 11.7. The third-order valence-corrected chi connectivity index (χ3v) is 3.14. The maximum Gasteiger partial charge on any atom is 0.407 e. The van der Waals surface area contributed by atoms with Crippen LogP contribution in [-0.4, -0.2) is 69.7 Å². The zero-order valence-electron chi connectivity index (χ0n) is 16.3. The molecular weight excluding hydrogens is 340 g/mol. The highest BCUT2D eigenvalue weighted by Gasteiger charge is 2.15. The highest BCUT2D eigenvalue weighted by Crippen LogP contribution is 2.06. The van der Waals surface area contributed by atoms with E-state index in [1.807, 2.05) is 0 Å². The molecule has 0 saturated carbocycles. The van der Waals surface area contributed by atoms with Gasteiger partial charge in [-0.1, -0.05) is 6.42 Å². The Morgan fingerprint density at radius 1 is 0.962 bits per heavy atom. The predicted molar refractivity (Wildman–Crippen MR) is 99.8 cm³/mol. The molecule has 0 rings (SSSR count). The van der Waals surface area contributed by atoms with E-state index < -0.39 is 17.7 Å². The summed E-state index contributed by atoms with van der Waals surface area (Å²) in [7, 11) is 0. The number of nitrogens with two attached hydrogens (primary N) is 2. The molecule has 0 aliphatic carbocycles. The van der Waals surface area contributed by atoms with E-state index in [4.69, 9.17) is 25.7 Å². The molecule has 0 bridgehead atoms. The standard InChI is InChI=1S/C17H36N4O5/c1-17(2,3)26-16(23)21-9-11-25-13-12-24-10-8-20-15(22)14(19)6-4-5-7-18/h14H,4-13,18-19H2,1-3H3,(H,20,22)(H,21,23)/t14-/m0/s1. The molecule has 0 fully saturated rings. The number of rotatable bonds is 14. The highest BCUT2D eigenvalue weighted by atomic mass is 16.6. The molecule has 9 heteroatoms. The molecule has 0 aromatic rings. The summed E-state index contributed by atoms with van der Waals surface area (Å²) in [6, 6.07) is -0.498. The van der Waals surface area contributed by atoms with Crippen LogP contribution in [0.4, 0.5) is 4.79 Å². The molecule has 0 aliphatic rings. The van der Waals surface area contributed by atoms with Crippen LogP contribution in [-0.2, 0) is 19.0 Å². The van der Waals surface area contributed by atoms with E-state index in [0.29, 0.717) is 52.5 Å². The van der Waals surface area contributed by atoms with Crippen LogP contribution in [0.5, 0.6) is 0 Å². The van der Waals surface area contributed by atoms with Crippen LogP contribution < -0.4 is 22.1 Å². The predicted octanol–water partition coefficient (Wildman–Crippen LogP) is 0.117. The van der Waals surface area contributed by atoms with Crippen molar-refractivity contribution in [2.45, 2.75) is 51.7 Å². The molecule has 1 atom stereocenters. The summed E-state index contributed by atoms with van der Waals surface area (Å²) in [6.07, 6.45) is 1.89. The van der Waals surface area contributed by atoms with Gasteiger partial charge in [0.1, 0.15) is 5.60 Å². The molecule has 2 amide bonds. The molecule has 6 N–H and O–H groups in total. The van der Waals surface area contributed by atoms with Crippen molar-refractivity contribution in [3.05, 3.63) is 0 Å². The molecule has 0 spiro atoms. The van der Waals surface area contributed by atoms with Gasteiger partial charge in [0.05, 0.1) is 32.5 Å². The first-order valence-electron chi connectivity index (χ1n) is 9.12. The molecule has 0 aliphatic heterocycles. The lowest BCUT2D eigenvalue weighted by atomic mass is 10.1. The van der Waals surface area contributed by atoms with E-state index >= 15 is 0 Å². The minimum Gasteiger partial charge on any atom is -0.444 e. The summed E-state index contributed by atoms with van der Waals surface area (Å²) >= 11 is 0. The second-order valence-corrected chi connectivity index (χ2v) is 6.84. The molecule has 0 aromatic carbocycles. The largest absolute Gasteiger partial charge is 0.444 e. The second kappa shape index (κ2) is 14.7. The van der Waals surface area contributed by atoms with Crippen molar-refractivity contribution < 1.29 is 23.8 Å². The van der Waals surface area contributed by atoms with E-state index in [0.717, 1.165) is 12.8 Å². The van der Waals surface area contributed by atoms with Gasteiger partial charge in [-0.15, -0.1) is 0 Å². The third kappa shape index (κ3) is 16.1. The molecule has 0 saturated heterocycles. The van der Waals surface area contributed by atoms with E-state index in [1.54, 1.807) is 20.8 Å². The molecule has 0 aromatic heterocycles. The van der Waals surface area contributed by atoms with Gasteiger partial charge < -0.3 is 36.3 Å². The normalized spacial score (nSPS) is 12.5. The van der Waals surface area contributed by atoms with Crippen LogP contribution in [0.1, 0.15) is 40.0 Å². The maximum absolute atomic E-state index is 11.7. The number of carbonyl (C=O) groups is 2. The second-order valence-electron chi connectivity index (χ2n) is 6.84. The average Bonchev–Trinajstić information content (AvgIpc) is 2.54. The Bertz CT molecular complexity index is 388. The number of alkyl carbamates (subject to hydrolysis) is 1. The summed E-state index contributed by atoms with van der Waals surface area (Å²) in [4.78, 5) is 23.1. The molecule has 26 heavy (non-hydrogen) atoms. The van der Waals surface area contributed by atoms with Crippen molar-refractivity contribution in [3.63, 3.8) is 0 Å². The van der Waals surface area contributed by atoms with Crippen molar-refractivity contribution >= 4 is 12.0 Å². The molecule has 154 valence electrons. The summed E-state index contributed by atoms with van der Waals surface area (Å²) in [5, 5.41) is 5.33. The Labute approximate surface area is 156 Å². The summed E-state index contributed by atoms with van der Waals surface area (Å²) in [5.74, 6) is -0.171. The first kappa shape index (κ1) is 24.6. The fourth-order valence-corrected chi connectivity index (χ4v) is 1.88. The zero-order valence-corrected chi connectivity index (χ0v) is 16.3. The van der Waals surface area contributed by atoms with Crippen molar-refractivity contribution in [3.8, 4) is 0 Å². The van der Waals surface area contributed by atoms with Crippen LogP contribution in [0.3, 0.4) is 0 Å². The number of ether oxygens (including phenoxy) is 3. The van der Waals surface area contributed by atoms with Crippen LogP contribution in [0.2, 0.25) is 0 Å². The van der Waals surface area contributed by atoms with Gasteiger partial charge in [-0.05, 0) is 40.2 Å². The minimum atomic E-state index is -0.511. The van der Waals surface area contributed by atoms with E-state index in [9.17, 15) is 9.59 Å². The van der Waals surface area contributed by atoms with Gasteiger partial charge in [0.25, 0.3) is 0 Å². The van der Waals surface area contributed by atoms with Gasteiger partial charge in [-0.25, -0.2) is 4.79 Å². The van der Waals surface area contributed by atoms with Gasteiger partial charge in [0, 0.05) is 13.1 Å². The average molecular weight is 376 g/mol. The van der Waals surface area contributed by atoms with Crippen molar-refractivity contribution in [2.24, 2.45) is 11.5 Å². The van der Waals surface area contributed by atoms with E-state index in [-0.39, 0.29) is 5.91 Å². The Kier molecular flexibility index (Phi) is 13.9. The smallest absolute Gasteiger partial charge is 0.407 e. The number of amides is 2. The Balaban J connectivity index is 3.41. The Hall–Kier alpha value is -1.42. The van der Waals surface area contributed by atoms with Gasteiger partial charge in [-0.3, -0.25) is 4.79 Å². The highest BCUT2D eigenvalue weighted by molar-refractivity contribution is 5.81. The van der Waals surface area contributed by atoms with Crippen LogP contribution in [0.25, 0.3) is 0 Å². The summed E-state index contributed by atoms with van der Waals surface area (Å²) < 4.78 is 15.8. The number of unbranched alkanes of at least 4 members (excludes halogenated alkanes) is 1. The van der Waals surface area contributed by atoms with E-state index in [2.05, 4.69) is 10.6 Å². The number of hydrogen-bond acceptors (Lipinski definition) is 7. The lowest BCUT2D eigenvalue weighted by molar-refractivity contribution is -0.122. The quantitative estimate of drug-likeness (QED) is 0.316.